The lowest BCUT2D eigenvalue weighted by atomic mass is 10.0. The topological polar surface area (TPSA) is 75.3 Å². The van der Waals surface area contributed by atoms with E-state index in [1.807, 2.05) is 22.8 Å². The molecule has 1 aromatic heterocycles. The van der Waals surface area contributed by atoms with Gasteiger partial charge in [0.2, 0.25) is 0 Å². The average Bonchev–Trinajstić information content (AvgIpc) is 2.78. The summed E-state index contributed by atoms with van der Waals surface area (Å²) in [4.78, 5) is 15.5. The third-order valence-corrected chi connectivity index (χ3v) is 3.83. The van der Waals surface area contributed by atoms with Crippen LogP contribution in [0.15, 0.2) is 24.3 Å². The fourth-order valence-electron chi connectivity index (χ4n) is 2.56. The zero-order valence-corrected chi connectivity index (χ0v) is 11.3. The zero-order chi connectivity index (χ0) is 14.3. The highest BCUT2D eigenvalue weighted by atomic mass is 35.5. The summed E-state index contributed by atoms with van der Waals surface area (Å²) in [5.74, 6) is -0.531. The van der Waals surface area contributed by atoms with Crippen LogP contribution in [-0.4, -0.2) is 31.8 Å². The smallest absolute Gasteiger partial charge is 0.356 e. The average molecular weight is 293 g/mol. The largest absolute Gasteiger partial charge is 0.476 e. The molecule has 1 aliphatic rings. The van der Waals surface area contributed by atoms with Crippen LogP contribution in [0.3, 0.4) is 0 Å². The normalized spacial score (nSPS) is 17.8. The van der Waals surface area contributed by atoms with Crippen LogP contribution in [0, 0.1) is 0 Å². The number of carboxylic acid groups (broad SMARTS) is 1. The Balaban J connectivity index is 2.20. The maximum atomic E-state index is 11.3. The number of carboxylic acids is 1. The van der Waals surface area contributed by atoms with Crippen molar-refractivity contribution in [2.24, 2.45) is 0 Å². The first kappa shape index (κ1) is 13.1. The van der Waals surface area contributed by atoms with Crippen molar-refractivity contribution in [1.29, 1.82) is 0 Å². The summed E-state index contributed by atoms with van der Waals surface area (Å²) in [6.45, 7) is 0.539. The van der Waals surface area contributed by atoms with E-state index >= 15 is 0 Å². The Bertz CT molecular complexity index is 681. The van der Waals surface area contributed by atoms with Crippen molar-refractivity contribution in [3.63, 3.8) is 0 Å². The number of aliphatic hydroxyl groups is 1. The molecule has 0 saturated carbocycles. The van der Waals surface area contributed by atoms with Gasteiger partial charge in [-0.05, 0) is 18.6 Å². The van der Waals surface area contributed by atoms with Crippen molar-refractivity contribution in [2.45, 2.75) is 25.5 Å². The van der Waals surface area contributed by atoms with Crippen molar-refractivity contribution >= 4 is 17.6 Å². The Morgan fingerprint density at radius 2 is 2.15 bits per heavy atom. The van der Waals surface area contributed by atoms with Crippen molar-refractivity contribution < 1.29 is 15.0 Å². The van der Waals surface area contributed by atoms with E-state index in [0.29, 0.717) is 41.5 Å². The summed E-state index contributed by atoms with van der Waals surface area (Å²) in [6.07, 6.45) is 0.371. The number of aliphatic hydroxyl groups excluding tert-OH is 1. The molecule has 1 atom stereocenters. The van der Waals surface area contributed by atoms with Crippen LogP contribution in [0.2, 0.25) is 5.02 Å². The van der Waals surface area contributed by atoms with Gasteiger partial charge >= 0.3 is 5.97 Å². The molecule has 6 heteroatoms. The molecule has 3 rings (SSSR count). The van der Waals surface area contributed by atoms with Crippen molar-refractivity contribution in [3.8, 4) is 11.4 Å². The van der Waals surface area contributed by atoms with E-state index in [2.05, 4.69) is 4.98 Å². The number of aromatic nitrogens is 2. The Morgan fingerprint density at radius 3 is 2.85 bits per heavy atom. The minimum Gasteiger partial charge on any atom is -0.476 e. The Hall–Kier alpha value is -1.85. The van der Waals surface area contributed by atoms with Gasteiger partial charge in [0.15, 0.2) is 5.69 Å². The summed E-state index contributed by atoms with van der Waals surface area (Å²) >= 11 is 6.17. The molecule has 0 spiro atoms. The molecule has 0 aliphatic carbocycles. The first-order chi connectivity index (χ1) is 9.58. The quantitative estimate of drug-likeness (QED) is 0.890. The van der Waals surface area contributed by atoms with E-state index in [9.17, 15) is 15.0 Å². The van der Waals surface area contributed by atoms with Crippen LogP contribution < -0.4 is 0 Å². The molecule has 1 aromatic carbocycles. The highest BCUT2D eigenvalue weighted by Gasteiger charge is 2.28. The number of carbonyl (C=O) groups is 1. The summed E-state index contributed by atoms with van der Waals surface area (Å²) in [5.41, 5.74) is 1.27. The molecule has 2 aromatic rings. The van der Waals surface area contributed by atoms with Crippen LogP contribution in [0.5, 0.6) is 0 Å². The monoisotopic (exact) mass is 292 g/mol. The number of aromatic carboxylic acids is 1. The highest BCUT2D eigenvalue weighted by molar-refractivity contribution is 6.33. The van der Waals surface area contributed by atoms with Gasteiger partial charge in [-0.15, -0.1) is 0 Å². The van der Waals surface area contributed by atoms with Crippen LogP contribution in [0.25, 0.3) is 11.4 Å². The number of fused-ring (bicyclic) bond motifs is 1. The number of nitrogens with zero attached hydrogens (tertiary/aromatic N) is 2. The summed E-state index contributed by atoms with van der Waals surface area (Å²) in [7, 11) is 0. The van der Waals surface area contributed by atoms with Gasteiger partial charge in [-0.3, -0.25) is 0 Å². The number of hydrogen-bond donors (Lipinski definition) is 2. The van der Waals surface area contributed by atoms with Crippen molar-refractivity contribution in [2.75, 3.05) is 0 Å². The third-order valence-electron chi connectivity index (χ3n) is 3.50. The number of imidazole rings is 1. The molecule has 0 fully saturated rings. The summed E-state index contributed by atoms with van der Waals surface area (Å²) in [6, 6.07) is 7.21. The van der Waals surface area contributed by atoms with Gasteiger partial charge in [0.1, 0.15) is 5.82 Å². The molecule has 2 N–H and O–H groups in total. The molecule has 104 valence electrons. The second-order valence-electron chi connectivity index (χ2n) is 4.81. The number of hydrogen-bond acceptors (Lipinski definition) is 3. The number of rotatable bonds is 2. The molecular weight excluding hydrogens is 280 g/mol. The van der Waals surface area contributed by atoms with Gasteiger partial charge in [0.05, 0.1) is 16.8 Å². The Labute approximate surface area is 120 Å². The molecule has 2 heterocycles. The van der Waals surface area contributed by atoms with E-state index in [1.165, 1.54) is 0 Å². The molecule has 20 heavy (non-hydrogen) atoms. The van der Waals surface area contributed by atoms with E-state index in [4.69, 9.17) is 11.6 Å². The molecule has 0 amide bonds. The van der Waals surface area contributed by atoms with Crippen LogP contribution in [0.4, 0.5) is 0 Å². The fourth-order valence-corrected chi connectivity index (χ4v) is 2.78. The first-order valence-corrected chi connectivity index (χ1v) is 6.71. The summed E-state index contributed by atoms with van der Waals surface area (Å²) in [5, 5.41) is 19.5. The molecule has 0 radical (unpaired) electrons. The van der Waals surface area contributed by atoms with Gasteiger partial charge < -0.3 is 14.8 Å². The lowest BCUT2D eigenvalue weighted by Gasteiger charge is -2.21. The minimum atomic E-state index is -1.08. The number of halogens is 1. The molecule has 0 saturated heterocycles. The second-order valence-corrected chi connectivity index (χ2v) is 5.22. The molecule has 5 nitrogen and oxygen atoms in total. The molecular formula is C14H13ClN2O3. The lowest BCUT2D eigenvalue weighted by Crippen LogP contribution is -2.24. The van der Waals surface area contributed by atoms with Crippen LogP contribution >= 0.6 is 11.6 Å². The van der Waals surface area contributed by atoms with Gasteiger partial charge in [-0.2, -0.15) is 0 Å². The predicted octanol–water partition coefficient (Wildman–Crippen LogP) is 2.21. The first-order valence-electron chi connectivity index (χ1n) is 6.33. The molecule has 1 unspecified atom stereocenters. The number of benzene rings is 1. The SMILES string of the molecule is O=C(O)c1nc(-c2ccccc2Cl)n2c1CC(O)CC2. The third kappa shape index (κ3) is 2.09. The highest BCUT2D eigenvalue weighted by Crippen LogP contribution is 2.31. The molecule has 0 bridgehead atoms. The van der Waals surface area contributed by atoms with Gasteiger partial charge in [0, 0.05) is 18.5 Å². The predicted molar refractivity (Wildman–Crippen MR) is 74.0 cm³/mol. The zero-order valence-electron chi connectivity index (χ0n) is 10.6. The van der Waals surface area contributed by atoms with Gasteiger partial charge in [0.25, 0.3) is 0 Å². The summed E-state index contributed by atoms with van der Waals surface area (Å²) < 4.78 is 1.84. The second kappa shape index (κ2) is 4.92. The Morgan fingerprint density at radius 1 is 1.40 bits per heavy atom. The van der Waals surface area contributed by atoms with Crippen molar-refractivity contribution in [3.05, 3.63) is 40.7 Å². The van der Waals surface area contributed by atoms with E-state index in [1.54, 1.807) is 6.07 Å². The van der Waals surface area contributed by atoms with Crippen LogP contribution in [-0.2, 0) is 13.0 Å². The minimum absolute atomic E-state index is 0.00123. The maximum Gasteiger partial charge on any atom is 0.356 e. The van der Waals surface area contributed by atoms with E-state index < -0.39 is 12.1 Å². The van der Waals surface area contributed by atoms with E-state index in [0.717, 1.165) is 0 Å². The lowest BCUT2D eigenvalue weighted by molar-refractivity contribution is 0.0687. The van der Waals surface area contributed by atoms with Crippen LogP contribution in [0.1, 0.15) is 22.6 Å². The van der Waals surface area contributed by atoms with Gasteiger partial charge in [-0.25, -0.2) is 9.78 Å². The fraction of sp³-hybridized carbons (Fsp3) is 0.286. The van der Waals surface area contributed by atoms with Gasteiger partial charge in [-0.1, -0.05) is 23.7 Å². The Kier molecular flexibility index (Phi) is 3.23. The maximum absolute atomic E-state index is 11.3. The van der Waals surface area contributed by atoms with Crippen molar-refractivity contribution in [1.82, 2.24) is 9.55 Å². The molecule has 1 aliphatic heterocycles. The standard InChI is InChI=1S/C14H13ClN2O3/c15-10-4-2-1-3-9(10)13-16-12(14(19)20)11-7-8(18)5-6-17(11)13/h1-4,8,18H,5-7H2,(H,19,20). The van der Waals surface area contributed by atoms with E-state index in [-0.39, 0.29) is 5.69 Å².